The standard InChI is InChI=1S/C32H32F4N5O2S/c1-30(2,3)44(43)40-31(16-15-21-11-12-21,23-8-7-17-37-20-23)22-13-14-25(33)26(18-22)38-29(42)27-19-28(32(34,35)36)39-41(27)24-9-5-4-6-10-24/h4-5,7-10,13-14,17-21,40H,11-12,15-16H2,1-3H3,(H,38,42)/t31-,44-/m1/s1. The first kappa shape index (κ1) is 31.7. The van der Waals surface area contributed by atoms with Crippen molar-refractivity contribution in [2.24, 2.45) is 5.92 Å². The summed E-state index contributed by atoms with van der Waals surface area (Å²) in [5.41, 5.74) is -1.65. The van der Waals surface area contributed by atoms with Crippen LogP contribution in [0.25, 0.3) is 5.69 Å². The lowest BCUT2D eigenvalue weighted by Gasteiger charge is -2.38. The Morgan fingerprint density at radius 2 is 1.89 bits per heavy atom. The quantitative estimate of drug-likeness (QED) is 0.147. The molecule has 7 nitrogen and oxygen atoms in total. The average molecular weight is 627 g/mol. The molecule has 0 bridgehead atoms. The van der Waals surface area contributed by atoms with Gasteiger partial charge in [-0.2, -0.15) is 18.3 Å². The molecule has 2 atom stereocenters. The minimum Gasteiger partial charge on any atom is -0.598 e. The van der Waals surface area contributed by atoms with E-state index in [9.17, 15) is 22.5 Å². The fourth-order valence-corrected chi connectivity index (χ4v) is 5.81. The van der Waals surface area contributed by atoms with Gasteiger partial charge in [0.2, 0.25) is 0 Å². The maximum absolute atomic E-state index is 15.3. The van der Waals surface area contributed by atoms with Crippen molar-refractivity contribution in [3.05, 3.63) is 107 Å². The van der Waals surface area contributed by atoms with Gasteiger partial charge in [0, 0.05) is 29.8 Å². The van der Waals surface area contributed by atoms with Gasteiger partial charge in [-0.15, -0.1) is 4.72 Å². The van der Waals surface area contributed by atoms with E-state index >= 15 is 4.39 Å². The minimum atomic E-state index is -4.82. The number of anilines is 1. The lowest BCUT2D eigenvalue weighted by molar-refractivity contribution is -0.141. The third kappa shape index (κ3) is 6.98. The second-order valence-corrected chi connectivity index (χ2v) is 13.8. The van der Waals surface area contributed by atoms with E-state index in [-0.39, 0.29) is 11.4 Å². The lowest BCUT2D eigenvalue weighted by atomic mass is 9.80. The number of rotatable bonds is 10. The van der Waals surface area contributed by atoms with Crippen molar-refractivity contribution in [3.63, 3.8) is 0 Å². The van der Waals surface area contributed by atoms with E-state index in [4.69, 9.17) is 0 Å². The van der Waals surface area contributed by atoms with Gasteiger partial charge in [0.25, 0.3) is 5.91 Å². The van der Waals surface area contributed by atoms with Crippen molar-refractivity contribution in [3.8, 4) is 5.69 Å². The Morgan fingerprint density at radius 3 is 2.50 bits per heavy atom. The molecule has 0 unspecified atom stereocenters. The van der Waals surface area contributed by atoms with E-state index in [1.807, 2.05) is 26.8 Å². The van der Waals surface area contributed by atoms with E-state index in [0.717, 1.165) is 23.9 Å². The zero-order valence-corrected chi connectivity index (χ0v) is 25.2. The van der Waals surface area contributed by atoms with Gasteiger partial charge in [-0.3, -0.25) is 9.78 Å². The molecule has 1 saturated carbocycles. The topological polar surface area (TPSA) is 94.9 Å². The van der Waals surface area contributed by atoms with Crippen LogP contribution >= 0.6 is 0 Å². The van der Waals surface area contributed by atoms with Crippen LogP contribution in [0.4, 0.5) is 23.2 Å². The molecule has 2 heterocycles. The normalized spacial score (nSPS) is 15.9. The Labute approximate surface area is 256 Å². The van der Waals surface area contributed by atoms with Gasteiger partial charge < -0.3 is 9.87 Å². The van der Waals surface area contributed by atoms with Crippen molar-refractivity contribution in [2.45, 2.75) is 62.9 Å². The molecule has 2 aromatic carbocycles. The number of carbonyl (C=O) groups is 1. The summed E-state index contributed by atoms with van der Waals surface area (Å²) in [6.07, 6.45) is 1.95. The van der Waals surface area contributed by atoms with Crippen LogP contribution in [0.2, 0.25) is 0 Å². The van der Waals surface area contributed by atoms with E-state index in [2.05, 4.69) is 26.2 Å². The number of pyridine rings is 1. The molecule has 1 amide bonds. The summed E-state index contributed by atoms with van der Waals surface area (Å²) in [6.45, 7) is 5.51. The van der Waals surface area contributed by atoms with E-state index in [0.29, 0.717) is 29.5 Å². The smallest absolute Gasteiger partial charge is 0.435 e. The zero-order valence-electron chi connectivity index (χ0n) is 24.4. The van der Waals surface area contributed by atoms with Gasteiger partial charge in [-0.25, -0.2) is 9.07 Å². The Hall–Kier alpha value is -3.74. The van der Waals surface area contributed by atoms with Gasteiger partial charge in [-0.1, -0.05) is 37.1 Å². The maximum Gasteiger partial charge on any atom is 0.435 e. The first-order valence-electron chi connectivity index (χ1n) is 14.1. The average Bonchev–Trinajstić information content (AvgIpc) is 3.70. The van der Waals surface area contributed by atoms with E-state index in [1.165, 1.54) is 24.3 Å². The van der Waals surface area contributed by atoms with Gasteiger partial charge in [0.05, 0.1) is 11.4 Å². The molecule has 0 spiro atoms. The van der Waals surface area contributed by atoms with Gasteiger partial charge in [0.1, 0.15) is 21.8 Å². The first-order chi connectivity index (χ1) is 20.8. The number of benzene rings is 2. The Kier molecular flexibility index (Phi) is 8.88. The van der Waals surface area contributed by atoms with Crippen LogP contribution in [0.3, 0.4) is 0 Å². The molecule has 231 valence electrons. The Morgan fingerprint density at radius 1 is 1.11 bits per heavy atom. The molecule has 12 heteroatoms. The van der Waals surface area contributed by atoms with E-state index in [1.54, 1.807) is 36.7 Å². The number of halogens is 4. The number of hydrogen-bond donors (Lipinski definition) is 2. The van der Waals surface area contributed by atoms with Crippen LogP contribution in [-0.2, 0) is 23.1 Å². The summed E-state index contributed by atoms with van der Waals surface area (Å²) in [6, 6.07) is 17.1. The molecule has 0 saturated heterocycles. The van der Waals surface area contributed by atoms with Gasteiger partial charge >= 0.3 is 6.18 Å². The summed E-state index contributed by atoms with van der Waals surface area (Å²) < 4.78 is 73.2. The molecule has 1 fully saturated rings. The number of amides is 1. The SMILES string of the molecule is CC(C)(C)[S@@+]([O-])N[C@@](CCC1CC1)(c1cccnc1)c1ccc(F)c(NC(=O)c2cc(C(F)(F)F)nn2-c2c[c]ccc2)c1. The minimum absolute atomic E-state index is 0.173. The zero-order chi connectivity index (χ0) is 31.7. The molecule has 4 aromatic rings. The molecule has 0 aliphatic heterocycles. The molecule has 2 aromatic heterocycles. The van der Waals surface area contributed by atoms with Crippen molar-refractivity contribution in [2.75, 3.05) is 5.32 Å². The number of nitrogens with one attached hydrogen (secondary N) is 2. The van der Waals surface area contributed by atoms with Crippen LogP contribution in [0, 0.1) is 17.8 Å². The number of carbonyl (C=O) groups excluding carboxylic acids is 1. The summed E-state index contributed by atoms with van der Waals surface area (Å²) >= 11 is -1.56. The fourth-order valence-electron chi connectivity index (χ4n) is 4.84. The summed E-state index contributed by atoms with van der Waals surface area (Å²) in [5, 5.41) is 6.06. The monoisotopic (exact) mass is 626 g/mol. The summed E-state index contributed by atoms with van der Waals surface area (Å²) in [5.74, 6) is -1.28. The molecular formula is C32H32F4N5O2S. The third-order valence-electron chi connectivity index (χ3n) is 7.48. The second-order valence-electron chi connectivity index (χ2n) is 11.8. The molecule has 1 radical (unpaired) electrons. The number of alkyl halides is 3. The van der Waals surface area contributed by atoms with Crippen molar-refractivity contribution >= 4 is 23.0 Å². The van der Waals surface area contributed by atoms with Crippen molar-refractivity contribution in [1.82, 2.24) is 19.5 Å². The lowest BCUT2D eigenvalue weighted by Crippen LogP contribution is -2.52. The molecule has 5 rings (SSSR count). The first-order valence-corrected chi connectivity index (χ1v) is 15.3. The number of aromatic nitrogens is 3. The van der Waals surface area contributed by atoms with Crippen LogP contribution in [-0.4, -0.2) is 30.0 Å². The van der Waals surface area contributed by atoms with Crippen LogP contribution in [0.15, 0.2) is 73.1 Å². The predicted octanol–water partition coefficient (Wildman–Crippen LogP) is 6.96. The molecule has 44 heavy (non-hydrogen) atoms. The predicted molar refractivity (Wildman–Crippen MR) is 160 cm³/mol. The highest BCUT2D eigenvalue weighted by Crippen LogP contribution is 2.43. The highest BCUT2D eigenvalue weighted by molar-refractivity contribution is 7.90. The molecule has 1 aliphatic rings. The second kappa shape index (κ2) is 12.3. The Balaban J connectivity index is 1.58. The summed E-state index contributed by atoms with van der Waals surface area (Å²) in [7, 11) is 0. The van der Waals surface area contributed by atoms with Crippen molar-refractivity contribution < 1.29 is 26.9 Å². The van der Waals surface area contributed by atoms with Gasteiger partial charge in [0.15, 0.2) is 5.69 Å². The highest BCUT2D eigenvalue weighted by Gasteiger charge is 2.44. The largest absolute Gasteiger partial charge is 0.598 e. The number of nitrogens with zero attached hydrogens (tertiary/aromatic N) is 3. The van der Waals surface area contributed by atoms with Crippen LogP contribution < -0.4 is 10.0 Å². The van der Waals surface area contributed by atoms with Crippen LogP contribution in [0.5, 0.6) is 0 Å². The molecular weight excluding hydrogens is 594 g/mol. The highest BCUT2D eigenvalue weighted by atomic mass is 32.2. The summed E-state index contributed by atoms with van der Waals surface area (Å²) in [4.78, 5) is 17.8. The maximum atomic E-state index is 15.3. The van der Waals surface area contributed by atoms with E-state index < -0.39 is 50.9 Å². The molecule has 1 aliphatic carbocycles. The third-order valence-corrected chi connectivity index (χ3v) is 9.12. The van der Waals surface area contributed by atoms with Crippen molar-refractivity contribution in [1.29, 1.82) is 0 Å². The Bertz CT molecular complexity index is 1600. The van der Waals surface area contributed by atoms with Gasteiger partial charge in [-0.05, 0) is 87.1 Å². The molecule has 2 N–H and O–H groups in total. The number of hydrogen-bond acceptors (Lipinski definition) is 5. The van der Waals surface area contributed by atoms with Crippen LogP contribution in [0.1, 0.15) is 73.8 Å². The fraction of sp³-hybridized carbons (Fsp3) is 0.344.